The van der Waals surface area contributed by atoms with Gasteiger partial charge in [0.05, 0.1) is 0 Å². The predicted octanol–water partition coefficient (Wildman–Crippen LogP) is 3.68. The Morgan fingerprint density at radius 1 is 0.941 bits per heavy atom. The zero-order chi connectivity index (χ0) is 24.5. The molecule has 34 heavy (non-hydrogen) atoms. The molecule has 1 aromatic rings. The van der Waals surface area contributed by atoms with E-state index in [9.17, 15) is 18.6 Å². The number of carbonyl (C=O) groups is 3. The number of carbonyl (C=O) groups excluding carboxylic acids is 3. The third-order valence-electron chi connectivity index (χ3n) is 6.92. The highest BCUT2D eigenvalue weighted by molar-refractivity contribution is 7.86. The maximum Gasteiger partial charge on any atom is 0.242 e. The van der Waals surface area contributed by atoms with Crippen molar-refractivity contribution in [2.24, 2.45) is 0 Å². The fraction of sp³-hybridized carbons (Fsp3) is 0.654. The van der Waals surface area contributed by atoms with Crippen LogP contribution in [-0.2, 0) is 25.2 Å². The second kappa shape index (κ2) is 13.0. The molecule has 2 aliphatic carbocycles. The van der Waals surface area contributed by atoms with Gasteiger partial charge in [0.25, 0.3) is 0 Å². The minimum absolute atomic E-state index is 0.0215. The van der Waals surface area contributed by atoms with Crippen LogP contribution in [0.2, 0.25) is 0 Å². The van der Waals surface area contributed by atoms with Crippen molar-refractivity contribution in [3.05, 3.63) is 29.8 Å². The highest BCUT2D eigenvalue weighted by Gasteiger charge is 2.34. The third kappa shape index (κ3) is 7.93. The summed E-state index contributed by atoms with van der Waals surface area (Å²) in [5.74, 6) is -1.32. The molecular weight excluding hydrogens is 450 g/mol. The molecule has 0 unspecified atom stereocenters. The number of rotatable bonds is 9. The first-order valence-corrected chi connectivity index (χ1v) is 14.2. The van der Waals surface area contributed by atoms with Gasteiger partial charge >= 0.3 is 0 Å². The van der Waals surface area contributed by atoms with Crippen LogP contribution >= 0.6 is 0 Å². The second-order valence-electron chi connectivity index (χ2n) is 9.76. The van der Waals surface area contributed by atoms with E-state index in [1.165, 1.54) is 6.42 Å². The molecule has 1 aromatic carbocycles. The van der Waals surface area contributed by atoms with Crippen LogP contribution in [0.15, 0.2) is 24.3 Å². The summed E-state index contributed by atoms with van der Waals surface area (Å²) in [5, 5.41) is 5.87. The normalized spacial score (nSPS) is 19.1. The van der Waals surface area contributed by atoms with Gasteiger partial charge in [-0.3, -0.25) is 18.6 Å². The number of aryl methyl sites for hydroxylation is 1. The Hall–Kier alpha value is -2.22. The Bertz CT molecular complexity index is 861. The first kappa shape index (κ1) is 26.4. The number of hydrogen-bond acceptors (Lipinski definition) is 4. The monoisotopic (exact) mass is 489 g/mol. The summed E-state index contributed by atoms with van der Waals surface area (Å²) in [5.41, 5.74) is 1.72. The largest absolute Gasteiger partial charge is 0.352 e. The summed E-state index contributed by atoms with van der Waals surface area (Å²) < 4.78 is 12.7. The van der Waals surface area contributed by atoms with Crippen LogP contribution in [-0.4, -0.2) is 56.5 Å². The maximum atomic E-state index is 13.3. The average Bonchev–Trinajstić information content (AvgIpc) is 2.81. The van der Waals surface area contributed by atoms with E-state index in [0.717, 1.165) is 63.4 Å². The van der Waals surface area contributed by atoms with Crippen molar-refractivity contribution in [2.45, 2.75) is 96.2 Å². The molecule has 2 aliphatic rings. The van der Waals surface area contributed by atoms with Crippen molar-refractivity contribution in [1.82, 2.24) is 10.2 Å². The van der Waals surface area contributed by atoms with Gasteiger partial charge in [0.1, 0.15) is 17.5 Å². The van der Waals surface area contributed by atoms with Gasteiger partial charge in [-0.1, -0.05) is 56.2 Å². The first-order chi connectivity index (χ1) is 16.3. The maximum absolute atomic E-state index is 13.3. The first-order valence-electron chi connectivity index (χ1n) is 12.7. The third-order valence-corrected chi connectivity index (χ3v) is 8.07. The SMILES string of the molecule is Cc1ccc(NC(=O)C[S@@](=O)CC(=O)N(C2CCCCC2)[C@H](C)C(=O)NC2CCCCC2)cc1. The molecule has 0 aliphatic heterocycles. The van der Waals surface area contributed by atoms with Crippen LogP contribution in [0.25, 0.3) is 0 Å². The highest BCUT2D eigenvalue weighted by atomic mass is 32.2. The minimum Gasteiger partial charge on any atom is -0.352 e. The lowest BCUT2D eigenvalue weighted by Crippen LogP contribution is -2.55. The molecule has 0 bridgehead atoms. The lowest BCUT2D eigenvalue weighted by Gasteiger charge is -2.38. The van der Waals surface area contributed by atoms with E-state index in [2.05, 4.69) is 10.6 Å². The number of nitrogens with one attached hydrogen (secondary N) is 2. The van der Waals surface area contributed by atoms with Gasteiger partial charge < -0.3 is 15.5 Å². The second-order valence-corrected chi connectivity index (χ2v) is 11.2. The van der Waals surface area contributed by atoms with Crippen LogP contribution in [0.4, 0.5) is 5.69 Å². The van der Waals surface area contributed by atoms with Crippen molar-refractivity contribution in [2.75, 3.05) is 16.8 Å². The van der Waals surface area contributed by atoms with E-state index in [0.29, 0.717) is 5.69 Å². The average molecular weight is 490 g/mol. The lowest BCUT2D eigenvalue weighted by atomic mass is 9.92. The smallest absolute Gasteiger partial charge is 0.242 e. The van der Waals surface area contributed by atoms with E-state index in [4.69, 9.17) is 0 Å². The van der Waals surface area contributed by atoms with Crippen molar-refractivity contribution in [3.8, 4) is 0 Å². The zero-order valence-corrected chi connectivity index (χ0v) is 21.3. The fourth-order valence-electron chi connectivity index (χ4n) is 5.03. The Morgan fingerprint density at radius 2 is 1.53 bits per heavy atom. The summed E-state index contributed by atoms with van der Waals surface area (Å²) in [4.78, 5) is 40.3. The molecule has 8 heteroatoms. The molecule has 0 aromatic heterocycles. The van der Waals surface area contributed by atoms with Crippen LogP contribution in [0.5, 0.6) is 0 Å². The van der Waals surface area contributed by atoms with Crippen LogP contribution in [0.1, 0.15) is 76.7 Å². The molecule has 0 saturated heterocycles. The van der Waals surface area contributed by atoms with Crippen molar-refractivity contribution in [1.29, 1.82) is 0 Å². The molecule has 0 radical (unpaired) electrons. The van der Waals surface area contributed by atoms with Crippen LogP contribution in [0.3, 0.4) is 0 Å². The standard InChI is InChI=1S/C26H39N3O4S/c1-19-13-15-22(16-14-19)27-24(30)17-34(33)18-25(31)29(23-11-7-4-8-12-23)20(2)26(32)28-21-9-5-3-6-10-21/h13-16,20-21,23H,3-12,17-18H2,1-2H3,(H,27,30)(H,28,32)/t20-,34-/m1/s1. The highest BCUT2D eigenvalue weighted by Crippen LogP contribution is 2.25. The minimum atomic E-state index is -1.65. The Balaban J connectivity index is 1.59. The van der Waals surface area contributed by atoms with Gasteiger partial charge in [-0.05, 0) is 51.7 Å². The molecule has 188 valence electrons. The molecule has 2 saturated carbocycles. The summed E-state index contributed by atoms with van der Waals surface area (Å²) in [7, 11) is -1.65. The molecule has 2 N–H and O–H groups in total. The summed E-state index contributed by atoms with van der Waals surface area (Å²) in [6.45, 7) is 3.73. The zero-order valence-electron chi connectivity index (χ0n) is 20.5. The van der Waals surface area contributed by atoms with Crippen molar-refractivity contribution < 1.29 is 18.6 Å². The fourth-order valence-corrected chi connectivity index (χ4v) is 5.92. The van der Waals surface area contributed by atoms with Crippen molar-refractivity contribution in [3.63, 3.8) is 0 Å². The quantitative estimate of drug-likeness (QED) is 0.553. The molecular formula is C26H39N3O4S. The predicted molar refractivity (Wildman–Crippen MR) is 136 cm³/mol. The Labute approximate surface area is 205 Å². The number of nitrogens with zero attached hydrogens (tertiary/aromatic N) is 1. The number of amides is 3. The van der Waals surface area contributed by atoms with Gasteiger partial charge in [-0.25, -0.2) is 0 Å². The van der Waals surface area contributed by atoms with E-state index < -0.39 is 16.8 Å². The summed E-state index contributed by atoms with van der Waals surface area (Å²) >= 11 is 0. The van der Waals surface area contributed by atoms with E-state index in [1.807, 2.05) is 19.1 Å². The van der Waals surface area contributed by atoms with E-state index >= 15 is 0 Å². The van der Waals surface area contributed by atoms with Gasteiger partial charge in [-0.15, -0.1) is 0 Å². The van der Waals surface area contributed by atoms with Crippen LogP contribution < -0.4 is 10.6 Å². The Kier molecular flexibility index (Phi) is 10.1. The topological polar surface area (TPSA) is 95.6 Å². The molecule has 2 fully saturated rings. The van der Waals surface area contributed by atoms with Gasteiger partial charge in [0, 0.05) is 28.6 Å². The van der Waals surface area contributed by atoms with Gasteiger partial charge in [0.2, 0.25) is 17.7 Å². The number of anilines is 1. The van der Waals surface area contributed by atoms with Crippen molar-refractivity contribution >= 4 is 34.2 Å². The molecule has 2 atom stereocenters. The lowest BCUT2D eigenvalue weighted by molar-refractivity contribution is -0.141. The van der Waals surface area contributed by atoms with E-state index in [1.54, 1.807) is 24.0 Å². The molecule has 7 nitrogen and oxygen atoms in total. The van der Waals surface area contributed by atoms with Gasteiger partial charge in [-0.2, -0.15) is 0 Å². The molecule has 0 heterocycles. The van der Waals surface area contributed by atoms with Gasteiger partial charge in [0.15, 0.2) is 0 Å². The molecule has 0 spiro atoms. The Morgan fingerprint density at radius 3 is 2.15 bits per heavy atom. The summed E-state index contributed by atoms with van der Waals surface area (Å²) in [6, 6.07) is 6.89. The molecule has 3 rings (SSSR count). The number of benzene rings is 1. The van der Waals surface area contributed by atoms with E-state index in [-0.39, 0.29) is 41.3 Å². The number of hydrogen-bond donors (Lipinski definition) is 2. The molecule has 3 amide bonds. The summed E-state index contributed by atoms with van der Waals surface area (Å²) in [6.07, 6.45) is 10.3. The van der Waals surface area contributed by atoms with Crippen LogP contribution in [0, 0.1) is 6.92 Å².